The van der Waals surface area contributed by atoms with Crippen LogP contribution in [0.5, 0.6) is 0 Å². The fourth-order valence-corrected chi connectivity index (χ4v) is 1.61. The van der Waals surface area contributed by atoms with Gasteiger partial charge in [0.15, 0.2) is 12.4 Å². The molecule has 0 fully saturated rings. The molecule has 0 aromatic carbocycles. The van der Waals surface area contributed by atoms with Crippen molar-refractivity contribution < 1.29 is 14.3 Å². The molecule has 0 bridgehead atoms. The number of methoxy groups -OCH3 is 1. The van der Waals surface area contributed by atoms with E-state index in [0.29, 0.717) is 17.9 Å². The lowest BCUT2D eigenvalue weighted by Crippen LogP contribution is -2.25. The molecular weight excluding hydrogens is 246 g/mol. The third-order valence-corrected chi connectivity index (χ3v) is 2.51. The first kappa shape index (κ1) is 12.8. The van der Waals surface area contributed by atoms with E-state index in [1.165, 1.54) is 19.5 Å². The lowest BCUT2D eigenvalue weighted by Gasteiger charge is -2.09. The number of anilines is 1. The van der Waals surface area contributed by atoms with Crippen molar-refractivity contribution in [1.29, 1.82) is 0 Å². The number of pyridine rings is 2. The minimum Gasteiger partial charge on any atom is -0.619 e. The maximum atomic E-state index is 11.5. The van der Waals surface area contributed by atoms with Crippen LogP contribution in [-0.2, 0) is 11.3 Å². The van der Waals surface area contributed by atoms with Gasteiger partial charge in [0, 0.05) is 24.4 Å². The van der Waals surface area contributed by atoms with E-state index in [1.807, 2.05) is 6.07 Å². The van der Waals surface area contributed by atoms with E-state index in [9.17, 15) is 10.0 Å². The van der Waals surface area contributed by atoms with Crippen LogP contribution in [0.15, 0.2) is 42.9 Å². The number of carbonyl (C=O) groups excluding carboxylic acids is 1. The van der Waals surface area contributed by atoms with Crippen LogP contribution in [0.2, 0.25) is 0 Å². The van der Waals surface area contributed by atoms with E-state index in [-0.39, 0.29) is 0 Å². The molecule has 1 N–H and O–H groups in total. The highest BCUT2D eigenvalue weighted by Crippen LogP contribution is 2.13. The van der Waals surface area contributed by atoms with Crippen molar-refractivity contribution in [3.05, 3.63) is 59.2 Å². The number of esters is 1. The van der Waals surface area contributed by atoms with Crippen molar-refractivity contribution in [2.24, 2.45) is 0 Å². The Morgan fingerprint density at radius 2 is 2.32 bits per heavy atom. The summed E-state index contributed by atoms with van der Waals surface area (Å²) in [7, 11) is 1.32. The van der Waals surface area contributed by atoms with Gasteiger partial charge in [0.05, 0.1) is 7.11 Å². The number of hydrogen-bond donors (Lipinski definition) is 1. The van der Waals surface area contributed by atoms with Crippen molar-refractivity contribution in [2.75, 3.05) is 12.4 Å². The summed E-state index contributed by atoms with van der Waals surface area (Å²) < 4.78 is 5.39. The summed E-state index contributed by atoms with van der Waals surface area (Å²) in [6.07, 6.45) is 4.44. The minimum atomic E-state index is -0.456. The second kappa shape index (κ2) is 5.81. The molecule has 2 aromatic heterocycles. The Morgan fingerprint density at radius 1 is 1.47 bits per heavy atom. The first-order chi connectivity index (χ1) is 9.20. The Hall–Kier alpha value is -2.63. The number of carbonyl (C=O) groups is 1. The van der Waals surface area contributed by atoms with E-state index >= 15 is 0 Å². The largest absolute Gasteiger partial charge is 0.619 e. The number of aromatic nitrogens is 2. The normalized spacial score (nSPS) is 9.95. The van der Waals surface area contributed by atoms with Gasteiger partial charge in [-0.3, -0.25) is 0 Å². The molecule has 2 aromatic rings. The highest BCUT2D eigenvalue weighted by Gasteiger charge is 2.12. The van der Waals surface area contributed by atoms with Gasteiger partial charge in [-0.05, 0) is 18.2 Å². The monoisotopic (exact) mass is 259 g/mol. The van der Waals surface area contributed by atoms with Gasteiger partial charge in [-0.15, -0.1) is 0 Å². The zero-order valence-electron chi connectivity index (χ0n) is 10.4. The van der Waals surface area contributed by atoms with Crippen molar-refractivity contribution in [2.45, 2.75) is 6.54 Å². The molecule has 19 heavy (non-hydrogen) atoms. The van der Waals surface area contributed by atoms with Crippen LogP contribution in [0.1, 0.15) is 15.9 Å². The van der Waals surface area contributed by atoms with Crippen LogP contribution >= 0.6 is 0 Å². The van der Waals surface area contributed by atoms with E-state index in [1.54, 1.807) is 24.4 Å². The molecule has 0 aliphatic heterocycles. The number of nitrogens with zero attached hydrogens (tertiary/aromatic N) is 2. The summed E-state index contributed by atoms with van der Waals surface area (Å²) in [4.78, 5) is 15.6. The maximum absolute atomic E-state index is 11.5. The van der Waals surface area contributed by atoms with Crippen LogP contribution in [0.4, 0.5) is 5.82 Å². The number of nitrogens with one attached hydrogen (secondary N) is 1. The number of rotatable bonds is 4. The van der Waals surface area contributed by atoms with Crippen LogP contribution in [-0.4, -0.2) is 18.1 Å². The van der Waals surface area contributed by atoms with E-state index in [2.05, 4.69) is 15.0 Å². The summed E-state index contributed by atoms with van der Waals surface area (Å²) >= 11 is 0. The molecule has 0 atom stereocenters. The summed E-state index contributed by atoms with van der Waals surface area (Å²) in [5.74, 6) is -0.0294. The Balaban J connectivity index is 2.13. The molecule has 6 heteroatoms. The van der Waals surface area contributed by atoms with Crippen LogP contribution in [0, 0.1) is 5.21 Å². The van der Waals surface area contributed by atoms with Gasteiger partial charge in [0.1, 0.15) is 11.4 Å². The molecule has 0 spiro atoms. The van der Waals surface area contributed by atoms with E-state index in [0.717, 1.165) is 10.3 Å². The molecular formula is C13H13N3O3. The molecule has 98 valence electrons. The van der Waals surface area contributed by atoms with Gasteiger partial charge in [0.2, 0.25) is 0 Å². The Labute approximate surface area is 110 Å². The predicted molar refractivity (Wildman–Crippen MR) is 68.3 cm³/mol. The molecule has 2 rings (SSSR count). The molecule has 0 aliphatic carbocycles. The van der Waals surface area contributed by atoms with Crippen molar-refractivity contribution in [3.63, 3.8) is 0 Å². The Kier molecular flexibility index (Phi) is 3.92. The molecule has 0 saturated carbocycles. The lowest BCUT2D eigenvalue weighted by molar-refractivity contribution is -0.605. The molecule has 6 nitrogen and oxygen atoms in total. The van der Waals surface area contributed by atoms with Gasteiger partial charge in [-0.25, -0.2) is 9.78 Å². The summed E-state index contributed by atoms with van der Waals surface area (Å²) in [5, 5.41) is 14.1. The highest BCUT2D eigenvalue weighted by atomic mass is 16.5. The fraction of sp³-hybridized carbons (Fsp3) is 0.154. The van der Waals surface area contributed by atoms with Crippen molar-refractivity contribution >= 4 is 11.8 Å². The zero-order chi connectivity index (χ0) is 13.7. The average Bonchev–Trinajstić information content (AvgIpc) is 2.45. The third kappa shape index (κ3) is 3.19. The van der Waals surface area contributed by atoms with Gasteiger partial charge < -0.3 is 15.3 Å². The average molecular weight is 259 g/mol. The van der Waals surface area contributed by atoms with Crippen LogP contribution < -0.4 is 10.0 Å². The van der Waals surface area contributed by atoms with Gasteiger partial charge >= 0.3 is 5.97 Å². The van der Waals surface area contributed by atoms with Gasteiger partial charge in [-0.2, -0.15) is 4.73 Å². The second-order valence-corrected chi connectivity index (χ2v) is 3.82. The SMILES string of the molecule is COC(=O)c1cccnc1NCc1ccc[n+]([O-])c1. The van der Waals surface area contributed by atoms with Crippen LogP contribution in [0.25, 0.3) is 0 Å². The summed E-state index contributed by atoms with van der Waals surface area (Å²) in [5.41, 5.74) is 1.15. The maximum Gasteiger partial charge on any atom is 0.341 e. The molecule has 0 aliphatic rings. The molecule has 2 heterocycles. The molecule has 0 unspecified atom stereocenters. The Bertz CT molecular complexity index is 587. The predicted octanol–water partition coefficient (Wildman–Crippen LogP) is 1.11. The third-order valence-electron chi connectivity index (χ3n) is 2.51. The fourth-order valence-electron chi connectivity index (χ4n) is 1.61. The second-order valence-electron chi connectivity index (χ2n) is 3.82. The first-order valence-electron chi connectivity index (χ1n) is 5.65. The minimum absolute atomic E-state index is 0.357. The smallest absolute Gasteiger partial charge is 0.341 e. The number of hydrogen-bond acceptors (Lipinski definition) is 5. The summed E-state index contributed by atoms with van der Waals surface area (Å²) in [6.45, 7) is 0.393. The van der Waals surface area contributed by atoms with E-state index in [4.69, 9.17) is 0 Å². The van der Waals surface area contributed by atoms with Crippen molar-refractivity contribution in [3.8, 4) is 0 Å². The molecule has 0 radical (unpaired) electrons. The Morgan fingerprint density at radius 3 is 3.05 bits per heavy atom. The van der Waals surface area contributed by atoms with Crippen molar-refractivity contribution in [1.82, 2.24) is 4.98 Å². The lowest BCUT2D eigenvalue weighted by atomic mass is 10.2. The summed E-state index contributed by atoms with van der Waals surface area (Å²) in [6, 6.07) is 6.75. The molecule has 0 saturated heterocycles. The standard InChI is InChI=1S/C13H13N3O3/c1-19-13(17)11-5-2-6-14-12(11)15-8-10-4-3-7-16(18)9-10/h2-7,9H,8H2,1H3,(H,14,15). The highest BCUT2D eigenvalue weighted by molar-refractivity contribution is 5.94. The quantitative estimate of drug-likeness (QED) is 0.505. The zero-order valence-corrected chi connectivity index (χ0v) is 10.4. The number of ether oxygens (including phenoxy) is 1. The van der Waals surface area contributed by atoms with Gasteiger partial charge in [-0.1, -0.05) is 0 Å². The van der Waals surface area contributed by atoms with E-state index < -0.39 is 5.97 Å². The molecule has 0 amide bonds. The van der Waals surface area contributed by atoms with Crippen LogP contribution in [0.3, 0.4) is 0 Å². The first-order valence-corrected chi connectivity index (χ1v) is 5.65. The topological polar surface area (TPSA) is 78.2 Å². The van der Waals surface area contributed by atoms with Gasteiger partial charge in [0.25, 0.3) is 0 Å².